The van der Waals surface area contributed by atoms with E-state index in [1.54, 1.807) is 18.7 Å². The number of carbonyl (C=O) groups is 1. The van der Waals surface area contributed by atoms with Gasteiger partial charge in [-0.15, -0.1) is 0 Å². The summed E-state index contributed by atoms with van der Waals surface area (Å²) in [6.45, 7) is 5.62. The minimum absolute atomic E-state index is 0.161. The largest absolute Gasteiger partial charge is 0.481 e. The summed E-state index contributed by atoms with van der Waals surface area (Å²) < 4.78 is -0.161. The van der Waals surface area contributed by atoms with Crippen molar-refractivity contribution in [2.24, 2.45) is 5.92 Å². The maximum Gasteiger partial charge on any atom is 0.307 e. The molecule has 0 aliphatic heterocycles. The molecule has 1 atom stereocenters. The van der Waals surface area contributed by atoms with Crippen LogP contribution in [0.2, 0.25) is 0 Å². The molecule has 0 aliphatic rings. The molecule has 0 saturated carbocycles. The molecule has 0 aromatic carbocycles. The van der Waals surface area contributed by atoms with E-state index in [-0.39, 0.29) is 10.7 Å². The summed E-state index contributed by atoms with van der Waals surface area (Å²) in [6.07, 6.45) is 1.93. The van der Waals surface area contributed by atoms with Crippen molar-refractivity contribution in [1.82, 2.24) is 0 Å². The lowest BCUT2D eigenvalue weighted by atomic mass is 9.97. The molecular formula is C7H14O2S. The van der Waals surface area contributed by atoms with E-state index >= 15 is 0 Å². The van der Waals surface area contributed by atoms with Gasteiger partial charge >= 0.3 is 5.97 Å². The number of aliphatic carboxylic acids is 1. The molecule has 0 heterocycles. The van der Waals surface area contributed by atoms with Crippen LogP contribution in [-0.4, -0.2) is 22.1 Å². The third kappa shape index (κ3) is 2.21. The highest BCUT2D eigenvalue weighted by atomic mass is 32.2. The molecule has 0 saturated heterocycles. The van der Waals surface area contributed by atoms with Gasteiger partial charge in [0.1, 0.15) is 0 Å². The Morgan fingerprint density at radius 2 is 2.00 bits per heavy atom. The van der Waals surface area contributed by atoms with E-state index in [4.69, 9.17) is 5.11 Å². The molecule has 0 fully saturated rings. The number of carboxylic acid groups (broad SMARTS) is 1. The average molecular weight is 162 g/mol. The number of thioether (sulfide) groups is 1. The first-order chi connectivity index (χ1) is 4.41. The van der Waals surface area contributed by atoms with Crippen molar-refractivity contribution >= 4 is 17.7 Å². The third-order valence-electron chi connectivity index (χ3n) is 1.94. The van der Waals surface area contributed by atoms with E-state index in [9.17, 15) is 4.79 Å². The van der Waals surface area contributed by atoms with Gasteiger partial charge in [-0.3, -0.25) is 4.79 Å². The van der Waals surface area contributed by atoms with Crippen LogP contribution in [0.5, 0.6) is 0 Å². The van der Waals surface area contributed by atoms with E-state index in [1.807, 2.05) is 20.1 Å². The molecule has 0 amide bonds. The lowest BCUT2D eigenvalue weighted by Gasteiger charge is -2.26. The monoisotopic (exact) mass is 162 g/mol. The summed E-state index contributed by atoms with van der Waals surface area (Å²) in [5.74, 6) is -1.01. The quantitative estimate of drug-likeness (QED) is 0.688. The average Bonchev–Trinajstić information content (AvgIpc) is 1.86. The molecule has 3 heteroatoms. The van der Waals surface area contributed by atoms with Crippen molar-refractivity contribution in [2.75, 3.05) is 6.26 Å². The van der Waals surface area contributed by atoms with Gasteiger partial charge in [-0.2, -0.15) is 11.8 Å². The first-order valence-electron chi connectivity index (χ1n) is 3.19. The minimum atomic E-state index is -0.723. The number of rotatable bonds is 3. The summed E-state index contributed by atoms with van der Waals surface area (Å²) in [4.78, 5) is 10.5. The fourth-order valence-corrected chi connectivity index (χ4v) is 0.929. The molecule has 0 radical (unpaired) electrons. The van der Waals surface area contributed by atoms with Crippen molar-refractivity contribution < 1.29 is 9.90 Å². The SMILES string of the molecule is CSC(C)(C)[C@H](C)C(=O)O. The highest BCUT2D eigenvalue weighted by Gasteiger charge is 2.29. The van der Waals surface area contributed by atoms with E-state index in [1.165, 1.54) is 0 Å². The Labute approximate surface area is 66.0 Å². The van der Waals surface area contributed by atoms with E-state index < -0.39 is 5.97 Å². The summed E-state index contributed by atoms with van der Waals surface area (Å²) in [7, 11) is 0. The molecule has 0 unspecified atom stereocenters. The lowest BCUT2D eigenvalue weighted by Crippen LogP contribution is -2.31. The van der Waals surface area contributed by atoms with Crippen LogP contribution in [0, 0.1) is 5.92 Å². The molecule has 0 spiro atoms. The van der Waals surface area contributed by atoms with Crippen LogP contribution in [0.1, 0.15) is 20.8 Å². The Hall–Kier alpha value is -0.180. The van der Waals surface area contributed by atoms with Gasteiger partial charge in [-0.1, -0.05) is 6.92 Å². The minimum Gasteiger partial charge on any atom is -0.481 e. The third-order valence-corrected chi connectivity index (χ3v) is 3.35. The van der Waals surface area contributed by atoms with Gasteiger partial charge < -0.3 is 5.11 Å². The summed E-state index contributed by atoms with van der Waals surface area (Å²) in [5.41, 5.74) is 0. The van der Waals surface area contributed by atoms with Crippen LogP contribution in [0.4, 0.5) is 0 Å². The summed E-state index contributed by atoms with van der Waals surface area (Å²) in [6, 6.07) is 0. The fourth-order valence-electron chi connectivity index (χ4n) is 0.474. The maximum atomic E-state index is 10.5. The molecule has 60 valence electrons. The molecule has 0 aromatic heterocycles. The predicted molar refractivity (Wildman–Crippen MR) is 44.4 cm³/mol. The van der Waals surface area contributed by atoms with Crippen molar-refractivity contribution in [3.8, 4) is 0 Å². The molecule has 1 N–H and O–H groups in total. The molecule has 0 aromatic rings. The van der Waals surface area contributed by atoms with Crippen molar-refractivity contribution in [1.29, 1.82) is 0 Å². The topological polar surface area (TPSA) is 37.3 Å². The molecule has 0 rings (SSSR count). The second kappa shape index (κ2) is 3.28. The molecule has 0 bridgehead atoms. The molecule has 0 aliphatic carbocycles. The smallest absolute Gasteiger partial charge is 0.307 e. The molecule has 2 nitrogen and oxygen atoms in total. The van der Waals surface area contributed by atoms with Crippen LogP contribution in [0.25, 0.3) is 0 Å². The van der Waals surface area contributed by atoms with Gasteiger partial charge in [0.2, 0.25) is 0 Å². The predicted octanol–water partition coefficient (Wildman–Crippen LogP) is 1.85. The summed E-state index contributed by atoms with van der Waals surface area (Å²) >= 11 is 1.58. The van der Waals surface area contributed by atoms with Gasteiger partial charge in [0.25, 0.3) is 0 Å². The van der Waals surface area contributed by atoms with Gasteiger partial charge in [0.15, 0.2) is 0 Å². The zero-order valence-corrected chi connectivity index (χ0v) is 7.66. The number of hydrogen-bond acceptors (Lipinski definition) is 2. The Balaban J connectivity index is 4.17. The van der Waals surface area contributed by atoms with Crippen LogP contribution in [0.3, 0.4) is 0 Å². The fraction of sp³-hybridized carbons (Fsp3) is 0.857. The van der Waals surface area contributed by atoms with Crippen LogP contribution < -0.4 is 0 Å². The molecular weight excluding hydrogens is 148 g/mol. The van der Waals surface area contributed by atoms with Gasteiger partial charge in [0, 0.05) is 4.75 Å². The zero-order chi connectivity index (χ0) is 8.36. The van der Waals surface area contributed by atoms with E-state index in [0.29, 0.717) is 0 Å². The summed E-state index contributed by atoms with van der Waals surface area (Å²) in [5, 5.41) is 8.64. The Morgan fingerprint density at radius 1 is 1.60 bits per heavy atom. The Kier molecular flexibility index (Phi) is 3.22. The second-order valence-electron chi connectivity index (χ2n) is 2.87. The van der Waals surface area contributed by atoms with Crippen LogP contribution in [0.15, 0.2) is 0 Å². The lowest BCUT2D eigenvalue weighted by molar-refractivity contribution is -0.141. The first kappa shape index (κ1) is 9.82. The van der Waals surface area contributed by atoms with Gasteiger partial charge in [0.05, 0.1) is 5.92 Å². The highest BCUT2D eigenvalue weighted by molar-refractivity contribution is 7.99. The normalized spacial score (nSPS) is 14.8. The molecule has 10 heavy (non-hydrogen) atoms. The van der Waals surface area contributed by atoms with Crippen LogP contribution in [-0.2, 0) is 4.79 Å². The van der Waals surface area contributed by atoms with E-state index in [0.717, 1.165) is 0 Å². The zero-order valence-electron chi connectivity index (χ0n) is 6.84. The van der Waals surface area contributed by atoms with Crippen molar-refractivity contribution in [2.45, 2.75) is 25.5 Å². The second-order valence-corrected chi connectivity index (χ2v) is 4.33. The van der Waals surface area contributed by atoms with E-state index in [2.05, 4.69) is 0 Å². The highest BCUT2D eigenvalue weighted by Crippen LogP contribution is 2.29. The van der Waals surface area contributed by atoms with Crippen molar-refractivity contribution in [3.05, 3.63) is 0 Å². The number of hydrogen-bond donors (Lipinski definition) is 1. The standard InChI is InChI=1S/C7H14O2S/c1-5(6(8)9)7(2,3)10-4/h5H,1-4H3,(H,8,9)/t5-/m1/s1. The Bertz CT molecular complexity index is 132. The Morgan fingerprint density at radius 3 is 2.10 bits per heavy atom. The maximum absolute atomic E-state index is 10.5. The first-order valence-corrected chi connectivity index (χ1v) is 4.42. The van der Waals surface area contributed by atoms with Crippen LogP contribution >= 0.6 is 11.8 Å². The number of carboxylic acids is 1. The van der Waals surface area contributed by atoms with Gasteiger partial charge in [-0.05, 0) is 20.1 Å². The van der Waals surface area contributed by atoms with Crippen molar-refractivity contribution in [3.63, 3.8) is 0 Å². The van der Waals surface area contributed by atoms with Gasteiger partial charge in [-0.25, -0.2) is 0 Å².